The van der Waals surface area contributed by atoms with Crippen molar-refractivity contribution in [1.82, 2.24) is 9.88 Å². The van der Waals surface area contributed by atoms with Crippen molar-refractivity contribution < 1.29 is 9.53 Å². The molecule has 0 aliphatic carbocycles. The third kappa shape index (κ3) is 2.11. The number of ether oxygens (including phenoxy) is 1. The number of thiazole rings is 1. The highest BCUT2D eigenvalue weighted by Crippen LogP contribution is 2.23. The Bertz CT molecular complexity index is 588. The minimum atomic E-state index is 0.0891. The molecule has 2 aromatic rings. The molecule has 5 heteroatoms. The Kier molecular flexibility index (Phi) is 3.01. The number of carbonyl (C=O) groups excluding carboxylic acids is 1. The van der Waals surface area contributed by atoms with Gasteiger partial charge < -0.3 is 9.64 Å². The SMILES string of the molecule is Cc1nc2ccc(C(=O)N3CCOCC3)cc2s1. The van der Waals surface area contributed by atoms with Crippen molar-refractivity contribution in [3.05, 3.63) is 28.8 Å². The van der Waals surface area contributed by atoms with Crippen LogP contribution < -0.4 is 0 Å². The van der Waals surface area contributed by atoms with Gasteiger partial charge in [0.2, 0.25) is 0 Å². The van der Waals surface area contributed by atoms with Gasteiger partial charge in [-0.1, -0.05) is 0 Å². The molecule has 0 bridgehead atoms. The molecule has 0 N–H and O–H groups in total. The maximum absolute atomic E-state index is 12.3. The zero-order chi connectivity index (χ0) is 12.5. The summed E-state index contributed by atoms with van der Waals surface area (Å²) >= 11 is 1.62. The van der Waals surface area contributed by atoms with Gasteiger partial charge in [0.15, 0.2) is 0 Å². The van der Waals surface area contributed by atoms with Crippen molar-refractivity contribution in [3.8, 4) is 0 Å². The number of aryl methyl sites for hydroxylation is 1. The van der Waals surface area contributed by atoms with E-state index in [1.165, 1.54) is 0 Å². The lowest BCUT2D eigenvalue weighted by molar-refractivity contribution is 0.0303. The van der Waals surface area contributed by atoms with Gasteiger partial charge >= 0.3 is 0 Å². The van der Waals surface area contributed by atoms with E-state index in [4.69, 9.17) is 4.74 Å². The van der Waals surface area contributed by atoms with Crippen LogP contribution in [0.2, 0.25) is 0 Å². The molecule has 0 saturated carbocycles. The first kappa shape index (κ1) is 11.6. The van der Waals surface area contributed by atoms with Crippen molar-refractivity contribution in [1.29, 1.82) is 0 Å². The second kappa shape index (κ2) is 4.66. The molecule has 2 heterocycles. The van der Waals surface area contributed by atoms with E-state index in [1.807, 2.05) is 30.0 Å². The molecule has 94 valence electrons. The van der Waals surface area contributed by atoms with Crippen molar-refractivity contribution in [2.24, 2.45) is 0 Å². The highest BCUT2D eigenvalue weighted by atomic mass is 32.1. The number of carbonyl (C=O) groups is 1. The van der Waals surface area contributed by atoms with Crippen LogP contribution in [0.25, 0.3) is 10.2 Å². The minimum Gasteiger partial charge on any atom is -0.378 e. The van der Waals surface area contributed by atoms with Crippen LogP contribution in [0.5, 0.6) is 0 Å². The minimum absolute atomic E-state index is 0.0891. The fraction of sp³-hybridized carbons (Fsp3) is 0.385. The average Bonchev–Trinajstić information content (AvgIpc) is 2.78. The molecular weight excluding hydrogens is 248 g/mol. The molecule has 1 saturated heterocycles. The third-order valence-electron chi connectivity index (χ3n) is 3.04. The predicted molar refractivity (Wildman–Crippen MR) is 71.1 cm³/mol. The van der Waals surface area contributed by atoms with Crippen LogP contribution in [0.1, 0.15) is 15.4 Å². The van der Waals surface area contributed by atoms with E-state index in [-0.39, 0.29) is 5.91 Å². The summed E-state index contributed by atoms with van der Waals surface area (Å²) in [6.45, 7) is 4.60. The van der Waals surface area contributed by atoms with E-state index in [1.54, 1.807) is 11.3 Å². The molecule has 3 rings (SSSR count). The Morgan fingerprint density at radius 2 is 2.17 bits per heavy atom. The molecule has 0 radical (unpaired) electrons. The predicted octanol–water partition coefficient (Wildman–Crippen LogP) is 2.08. The molecule has 0 atom stereocenters. The number of aromatic nitrogens is 1. The average molecular weight is 262 g/mol. The number of hydrogen-bond donors (Lipinski definition) is 0. The van der Waals surface area contributed by atoms with Gasteiger partial charge in [0.1, 0.15) is 0 Å². The van der Waals surface area contributed by atoms with Gasteiger partial charge in [0.05, 0.1) is 28.4 Å². The van der Waals surface area contributed by atoms with Crippen LogP contribution in [-0.4, -0.2) is 42.1 Å². The smallest absolute Gasteiger partial charge is 0.254 e. The Morgan fingerprint density at radius 1 is 1.39 bits per heavy atom. The van der Waals surface area contributed by atoms with Gasteiger partial charge in [-0.25, -0.2) is 4.98 Å². The molecular formula is C13H14N2O2S. The summed E-state index contributed by atoms with van der Waals surface area (Å²) in [6.07, 6.45) is 0. The van der Waals surface area contributed by atoms with Crippen molar-refractivity contribution >= 4 is 27.5 Å². The summed E-state index contributed by atoms with van der Waals surface area (Å²) in [5.41, 5.74) is 1.71. The van der Waals surface area contributed by atoms with Crippen LogP contribution in [0, 0.1) is 6.92 Å². The van der Waals surface area contributed by atoms with E-state index >= 15 is 0 Å². The maximum atomic E-state index is 12.3. The highest BCUT2D eigenvalue weighted by Gasteiger charge is 2.18. The van der Waals surface area contributed by atoms with Gasteiger partial charge in [0.25, 0.3) is 5.91 Å². The summed E-state index contributed by atoms with van der Waals surface area (Å²) in [4.78, 5) is 18.6. The summed E-state index contributed by atoms with van der Waals surface area (Å²) in [5, 5.41) is 1.03. The van der Waals surface area contributed by atoms with Crippen LogP contribution in [0.3, 0.4) is 0 Å². The van der Waals surface area contributed by atoms with Gasteiger partial charge in [-0.05, 0) is 25.1 Å². The van der Waals surface area contributed by atoms with Gasteiger partial charge in [0, 0.05) is 18.7 Å². The Labute approximate surface area is 109 Å². The zero-order valence-electron chi connectivity index (χ0n) is 10.2. The van der Waals surface area contributed by atoms with Crippen molar-refractivity contribution in [2.45, 2.75) is 6.92 Å². The number of morpholine rings is 1. The third-order valence-corrected chi connectivity index (χ3v) is 3.97. The molecule has 18 heavy (non-hydrogen) atoms. The number of nitrogens with zero attached hydrogens (tertiary/aromatic N) is 2. The molecule has 0 spiro atoms. The first-order valence-corrected chi connectivity index (χ1v) is 6.80. The van der Waals surface area contributed by atoms with Crippen LogP contribution in [0.4, 0.5) is 0 Å². The standard InChI is InChI=1S/C13H14N2O2S/c1-9-14-11-3-2-10(8-12(11)18-9)13(16)15-4-6-17-7-5-15/h2-3,8H,4-7H2,1H3. The summed E-state index contributed by atoms with van der Waals surface area (Å²) in [6, 6.07) is 5.73. The monoisotopic (exact) mass is 262 g/mol. The number of benzene rings is 1. The lowest BCUT2D eigenvalue weighted by Gasteiger charge is -2.26. The summed E-state index contributed by atoms with van der Waals surface area (Å²) in [7, 11) is 0. The lowest BCUT2D eigenvalue weighted by Crippen LogP contribution is -2.40. The molecule has 1 aliphatic heterocycles. The fourth-order valence-electron chi connectivity index (χ4n) is 2.12. The van der Waals surface area contributed by atoms with Crippen LogP contribution >= 0.6 is 11.3 Å². The van der Waals surface area contributed by atoms with E-state index in [0.29, 0.717) is 26.3 Å². The number of amides is 1. The van der Waals surface area contributed by atoms with E-state index < -0.39 is 0 Å². The molecule has 1 amide bonds. The van der Waals surface area contributed by atoms with E-state index in [2.05, 4.69) is 4.98 Å². The molecule has 1 aromatic carbocycles. The second-order valence-corrected chi connectivity index (χ2v) is 5.55. The topological polar surface area (TPSA) is 42.4 Å². The second-order valence-electron chi connectivity index (χ2n) is 4.32. The molecule has 1 aliphatic rings. The number of fused-ring (bicyclic) bond motifs is 1. The number of hydrogen-bond acceptors (Lipinski definition) is 4. The normalized spacial score (nSPS) is 16.2. The maximum Gasteiger partial charge on any atom is 0.254 e. The van der Waals surface area contributed by atoms with Gasteiger partial charge in [-0.3, -0.25) is 4.79 Å². The molecule has 1 aromatic heterocycles. The highest BCUT2D eigenvalue weighted by molar-refractivity contribution is 7.18. The summed E-state index contributed by atoms with van der Waals surface area (Å²) < 4.78 is 6.33. The summed E-state index contributed by atoms with van der Waals surface area (Å²) in [5.74, 6) is 0.0891. The van der Waals surface area contributed by atoms with Crippen LogP contribution in [-0.2, 0) is 4.74 Å². The quantitative estimate of drug-likeness (QED) is 0.790. The fourth-order valence-corrected chi connectivity index (χ4v) is 2.99. The first-order chi connectivity index (χ1) is 8.74. The van der Waals surface area contributed by atoms with Gasteiger partial charge in [-0.15, -0.1) is 11.3 Å². The Hall–Kier alpha value is -1.46. The number of rotatable bonds is 1. The molecule has 0 unspecified atom stereocenters. The Morgan fingerprint density at radius 3 is 2.94 bits per heavy atom. The van der Waals surface area contributed by atoms with E-state index in [0.717, 1.165) is 20.8 Å². The van der Waals surface area contributed by atoms with Crippen LogP contribution in [0.15, 0.2) is 18.2 Å². The zero-order valence-corrected chi connectivity index (χ0v) is 11.0. The molecule has 1 fully saturated rings. The van der Waals surface area contributed by atoms with Crippen molar-refractivity contribution in [2.75, 3.05) is 26.3 Å². The van der Waals surface area contributed by atoms with E-state index in [9.17, 15) is 4.79 Å². The Balaban J connectivity index is 1.90. The molecule has 4 nitrogen and oxygen atoms in total. The van der Waals surface area contributed by atoms with Crippen molar-refractivity contribution in [3.63, 3.8) is 0 Å². The first-order valence-electron chi connectivity index (χ1n) is 5.98. The van der Waals surface area contributed by atoms with Gasteiger partial charge in [-0.2, -0.15) is 0 Å². The lowest BCUT2D eigenvalue weighted by atomic mass is 10.2. The largest absolute Gasteiger partial charge is 0.378 e.